The smallest absolute Gasteiger partial charge is 0.317 e. The van der Waals surface area contributed by atoms with Gasteiger partial charge in [-0.1, -0.05) is 18.2 Å². The average Bonchev–Trinajstić information content (AvgIpc) is 3.09. The number of piperazine rings is 1. The van der Waals surface area contributed by atoms with E-state index in [-0.39, 0.29) is 6.03 Å². The Morgan fingerprint density at radius 1 is 1.16 bits per heavy atom. The highest BCUT2D eigenvalue weighted by molar-refractivity contribution is 7.88. The van der Waals surface area contributed by atoms with Crippen LogP contribution in [0.2, 0.25) is 0 Å². The van der Waals surface area contributed by atoms with Gasteiger partial charge in [0, 0.05) is 44.5 Å². The molecule has 1 N–H and O–H groups in total. The topological polar surface area (TPSA) is 87.5 Å². The third-order valence-electron chi connectivity index (χ3n) is 4.10. The van der Waals surface area contributed by atoms with E-state index in [2.05, 4.69) is 10.4 Å². The van der Waals surface area contributed by atoms with E-state index in [1.54, 1.807) is 15.8 Å². The SMILES string of the molecule is CS(=O)(=O)N1CCN(C(=O)NCc2cnn(-c3ccccc3)c2)CC1. The lowest BCUT2D eigenvalue weighted by atomic mass is 10.3. The highest BCUT2D eigenvalue weighted by Gasteiger charge is 2.25. The Labute approximate surface area is 147 Å². The summed E-state index contributed by atoms with van der Waals surface area (Å²) in [6, 6.07) is 9.54. The van der Waals surface area contributed by atoms with Crippen LogP contribution < -0.4 is 5.32 Å². The molecule has 2 amide bonds. The van der Waals surface area contributed by atoms with Gasteiger partial charge in [-0.15, -0.1) is 0 Å². The predicted molar refractivity (Wildman–Crippen MR) is 93.8 cm³/mol. The summed E-state index contributed by atoms with van der Waals surface area (Å²) in [4.78, 5) is 13.9. The van der Waals surface area contributed by atoms with Gasteiger partial charge in [-0.3, -0.25) is 0 Å². The van der Waals surface area contributed by atoms with Crippen molar-refractivity contribution in [3.05, 3.63) is 48.3 Å². The van der Waals surface area contributed by atoms with Crippen LogP contribution >= 0.6 is 0 Å². The molecule has 1 aromatic heterocycles. The third-order valence-corrected chi connectivity index (χ3v) is 5.40. The highest BCUT2D eigenvalue weighted by Crippen LogP contribution is 2.09. The van der Waals surface area contributed by atoms with Gasteiger partial charge in [0.05, 0.1) is 18.1 Å². The minimum absolute atomic E-state index is 0.194. The second-order valence-electron chi connectivity index (χ2n) is 5.94. The van der Waals surface area contributed by atoms with Crippen LogP contribution in [0, 0.1) is 0 Å². The molecule has 8 nitrogen and oxygen atoms in total. The molecule has 0 aliphatic carbocycles. The first-order chi connectivity index (χ1) is 11.9. The van der Waals surface area contributed by atoms with Crippen molar-refractivity contribution < 1.29 is 13.2 Å². The first kappa shape index (κ1) is 17.4. The molecule has 1 aliphatic heterocycles. The summed E-state index contributed by atoms with van der Waals surface area (Å²) in [5.41, 5.74) is 1.85. The summed E-state index contributed by atoms with van der Waals surface area (Å²) in [7, 11) is -3.19. The minimum atomic E-state index is -3.19. The summed E-state index contributed by atoms with van der Waals surface area (Å²) >= 11 is 0. The molecule has 0 spiro atoms. The van der Waals surface area contributed by atoms with Crippen LogP contribution in [0.3, 0.4) is 0 Å². The Bertz CT molecular complexity index is 826. The average molecular weight is 363 g/mol. The summed E-state index contributed by atoms with van der Waals surface area (Å²) in [5.74, 6) is 0. The van der Waals surface area contributed by atoms with Crippen molar-refractivity contribution in [1.29, 1.82) is 0 Å². The van der Waals surface area contributed by atoms with E-state index in [0.29, 0.717) is 32.7 Å². The lowest BCUT2D eigenvalue weighted by Crippen LogP contribution is -2.52. The van der Waals surface area contributed by atoms with Gasteiger partial charge in [-0.2, -0.15) is 9.40 Å². The summed E-state index contributed by atoms with van der Waals surface area (Å²) in [6.07, 6.45) is 4.78. The van der Waals surface area contributed by atoms with Crippen LogP contribution in [0.25, 0.3) is 5.69 Å². The fraction of sp³-hybridized carbons (Fsp3) is 0.375. The van der Waals surface area contributed by atoms with E-state index in [0.717, 1.165) is 11.3 Å². The number of sulfonamides is 1. The van der Waals surface area contributed by atoms with E-state index in [1.807, 2.05) is 36.5 Å². The first-order valence-electron chi connectivity index (χ1n) is 8.00. The molecule has 3 rings (SSSR count). The zero-order chi connectivity index (χ0) is 17.9. The van der Waals surface area contributed by atoms with Gasteiger partial charge in [-0.25, -0.2) is 17.9 Å². The van der Waals surface area contributed by atoms with Crippen molar-refractivity contribution in [2.45, 2.75) is 6.54 Å². The van der Waals surface area contributed by atoms with Crippen molar-refractivity contribution in [2.75, 3.05) is 32.4 Å². The quantitative estimate of drug-likeness (QED) is 0.864. The number of aromatic nitrogens is 2. The normalized spacial score (nSPS) is 16.0. The molecular weight excluding hydrogens is 342 g/mol. The van der Waals surface area contributed by atoms with E-state index in [4.69, 9.17) is 0 Å². The van der Waals surface area contributed by atoms with Gasteiger partial charge in [-0.05, 0) is 12.1 Å². The van der Waals surface area contributed by atoms with Gasteiger partial charge in [0.25, 0.3) is 0 Å². The second kappa shape index (κ2) is 7.24. The van der Waals surface area contributed by atoms with Crippen LogP contribution in [0.5, 0.6) is 0 Å². The van der Waals surface area contributed by atoms with Crippen LogP contribution in [-0.4, -0.2) is 65.9 Å². The number of carbonyl (C=O) groups excluding carboxylic acids is 1. The molecule has 134 valence electrons. The Morgan fingerprint density at radius 2 is 1.84 bits per heavy atom. The number of nitrogens with one attached hydrogen (secondary N) is 1. The maximum atomic E-state index is 12.2. The molecular formula is C16H21N5O3S. The van der Waals surface area contributed by atoms with Gasteiger partial charge in [0.2, 0.25) is 10.0 Å². The zero-order valence-electron chi connectivity index (χ0n) is 14.0. The maximum Gasteiger partial charge on any atom is 0.317 e. The first-order valence-corrected chi connectivity index (χ1v) is 9.85. The number of amides is 2. The maximum absolute atomic E-state index is 12.2. The summed E-state index contributed by atoms with van der Waals surface area (Å²) < 4.78 is 26.1. The van der Waals surface area contributed by atoms with E-state index < -0.39 is 10.0 Å². The summed E-state index contributed by atoms with van der Waals surface area (Å²) in [6.45, 7) is 1.82. The van der Waals surface area contributed by atoms with Crippen molar-refractivity contribution in [3.8, 4) is 5.69 Å². The van der Waals surface area contributed by atoms with Crippen LogP contribution in [-0.2, 0) is 16.6 Å². The third kappa shape index (κ3) is 4.37. The lowest BCUT2D eigenvalue weighted by Gasteiger charge is -2.33. The molecule has 1 aliphatic rings. The van der Waals surface area contributed by atoms with E-state index in [1.165, 1.54) is 10.6 Å². The van der Waals surface area contributed by atoms with Gasteiger partial charge in [0.15, 0.2) is 0 Å². The number of hydrogen-bond donors (Lipinski definition) is 1. The predicted octanol–water partition coefficient (Wildman–Crippen LogP) is 0.659. The number of carbonyl (C=O) groups is 1. The molecule has 0 atom stereocenters. The molecule has 25 heavy (non-hydrogen) atoms. The molecule has 1 aromatic carbocycles. The van der Waals surface area contributed by atoms with E-state index >= 15 is 0 Å². The number of hydrogen-bond acceptors (Lipinski definition) is 4. The molecule has 0 unspecified atom stereocenters. The van der Waals surface area contributed by atoms with Crippen LogP contribution in [0.1, 0.15) is 5.56 Å². The number of urea groups is 1. The van der Waals surface area contributed by atoms with Gasteiger partial charge in [0.1, 0.15) is 0 Å². The molecule has 2 aromatic rings. The van der Waals surface area contributed by atoms with Crippen molar-refractivity contribution in [1.82, 2.24) is 24.3 Å². The molecule has 0 radical (unpaired) electrons. The molecule has 1 saturated heterocycles. The number of para-hydroxylation sites is 1. The van der Waals surface area contributed by atoms with Gasteiger partial charge < -0.3 is 10.2 Å². The van der Waals surface area contributed by atoms with E-state index in [9.17, 15) is 13.2 Å². The largest absolute Gasteiger partial charge is 0.334 e. The minimum Gasteiger partial charge on any atom is -0.334 e. The second-order valence-corrected chi connectivity index (χ2v) is 7.92. The summed E-state index contributed by atoms with van der Waals surface area (Å²) in [5, 5.41) is 7.14. The number of benzene rings is 1. The number of rotatable bonds is 4. The molecule has 0 bridgehead atoms. The standard InChI is InChI=1S/C16H21N5O3S/c1-25(23,24)20-9-7-19(8-10-20)16(22)17-11-14-12-18-21(13-14)15-5-3-2-4-6-15/h2-6,12-13H,7-11H2,1H3,(H,17,22). The van der Waals surface area contributed by atoms with Crippen molar-refractivity contribution in [2.24, 2.45) is 0 Å². The van der Waals surface area contributed by atoms with Gasteiger partial charge >= 0.3 is 6.03 Å². The Hall–Kier alpha value is -2.39. The zero-order valence-corrected chi connectivity index (χ0v) is 14.8. The Morgan fingerprint density at radius 3 is 2.48 bits per heavy atom. The number of nitrogens with zero attached hydrogens (tertiary/aromatic N) is 4. The monoisotopic (exact) mass is 363 g/mol. The van der Waals surface area contributed by atoms with Crippen LogP contribution in [0.15, 0.2) is 42.7 Å². The fourth-order valence-corrected chi connectivity index (χ4v) is 3.51. The molecule has 1 fully saturated rings. The Balaban J connectivity index is 1.51. The van der Waals surface area contributed by atoms with Crippen LogP contribution in [0.4, 0.5) is 4.79 Å². The lowest BCUT2D eigenvalue weighted by molar-refractivity contribution is 0.172. The van der Waals surface area contributed by atoms with Crippen molar-refractivity contribution >= 4 is 16.1 Å². The Kier molecular flexibility index (Phi) is 5.05. The molecule has 2 heterocycles. The fourth-order valence-electron chi connectivity index (χ4n) is 2.69. The highest BCUT2D eigenvalue weighted by atomic mass is 32.2. The van der Waals surface area contributed by atoms with Crippen molar-refractivity contribution in [3.63, 3.8) is 0 Å². The molecule has 0 saturated carbocycles. The molecule has 9 heteroatoms.